The highest BCUT2D eigenvalue weighted by Crippen LogP contribution is 2.19. The van der Waals surface area contributed by atoms with Gasteiger partial charge in [0.05, 0.1) is 6.20 Å². The molecule has 0 bridgehead atoms. The van der Waals surface area contributed by atoms with Crippen LogP contribution >= 0.6 is 11.5 Å². The third-order valence-corrected chi connectivity index (χ3v) is 3.89. The Bertz CT molecular complexity index is 600. The molecule has 0 aliphatic rings. The first-order valence-electron chi connectivity index (χ1n) is 4.11. The molecule has 2 aromatic heterocycles. The van der Waals surface area contributed by atoms with E-state index in [1.807, 2.05) is 0 Å². The number of sulfonamides is 1. The molecule has 2 rings (SSSR count). The third kappa shape index (κ3) is 1.97. The number of aryl methyl sites for hydroxylation is 1. The van der Waals surface area contributed by atoms with Gasteiger partial charge in [-0.25, -0.2) is 13.4 Å². The molecule has 0 aliphatic heterocycles. The average molecular weight is 260 g/mol. The number of rotatable bonds is 3. The first-order chi connectivity index (χ1) is 7.49. The fraction of sp³-hybridized carbons (Fsp3) is 0.167. The van der Waals surface area contributed by atoms with Crippen LogP contribution in [0, 0.1) is 6.92 Å². The molecule has 10 heteroatoms. The Morgan fingerprint density at radius 1 is 1.56 bits per heavy atom. The maximum atomic E-state index is 11.8. The number of nitrogens with one attached hydrogen (secondary N) is 2. The molecule has 16 heavy (non-hydrogen) atoms. The number of hydrogen-bond acceptors (Lipinski definition) is 7. The van der Waals surface area contributed by atoms with E-state index in [1.54, 1.807) is 6.92 Å². The lowest BCUT2D eigenvalue weighted by atomic mass is 10.7. The first kappa shape index (κ1) is 10.8. The average Bonchev–Trinajstić information content (AvgIpc) is 2.74. The Morgan fingerprint density at radius 3 is 2.81 bits per heavy atom. The van der Waals surface area contributed by atoms with E-state index in [1.165, 1.54) is 0 Å². The number of nitrogens with two attached hydrogens (primary N) is 1. The van der Waals surface area contributed by atoms with Crippen LogP contribution < -0.4 is 10.5 Å². The summed E-state index contributed by atoms with van der Waals surface area (Å²) in [7, 11) is -3.75. The van der Waals surface area contributed by atoms with Gasteiger partial charge >= 0.3 is 0 Å². The molecule has 4 N–H and O–H groups in total. The van der Waals surface area contributed by atoms with Gasteiger partial charge < -0.3 is 5.73 Å². The minimum atomic E-state index is -3.75. The lowest BCUT2D eigenvalue weighted by Crippen LogP contribution is -2.13. The van der Waals surface area contributed by atoms with Crippen molar-refractivity contribution in [1.82, 2.24) is 19.6 Å². The standard InChI is InChI=1S/C6H8N6O2S2/c1-3-9-6(15-11-3)12-16(13,14)4-2-8-10-5(4)7/h2H,1H3,(H3,7,8,10)(H,9,11,12). The third-order valence-electron chi connectivity index (χ3n) is 1.67. The Morgan fingerprint density at radius 2 is 2.31 bits per heavy atom. The van der Waals surface area contributed by atoms with E-state index in [-0.39, 0.29) is 15.8 Å². The summed E-state index contributed by atoms with van der Waals surface area (Å²) in [5.41, 5.74) is 5.42. The highest BCUT2D eigenvalue weighted by molar-refractivity contribution is 7.93. The molecule has 0 saturated carbocycles. The molecule has 8 nitrogen and oxygen atoms in total. The molecule has 0 amide bonds. The predicted molar refractivity (Wildman–Crippen MR) is 58.5 cm³/mol. The second-order valence-electron chi connectivity index (χ2n) is 2.90. The quantitative estimate of drug-likeness (QED) is 0.710. The van der Waals surface area contributed by atoms with Gasteiger partial charge in [-0.3, -0.25) is 9.82 Å². The van der Waals surface area contributed by atoms with Crippen LogP contribution in [0.2, 0.25) is 0 Å². The van der Waals surface area contributed by atoms with E-state index in [9.17, 15) is 8.42 Å². The molecule has 0 aliphatic carbocycles. The van der Waals surface area contributed by atoms with Crippen LogP contribution in [-0.4, -0.2) is 28.0 Å². The molecule has 0 spiro atoms. The van der Waals surface area contributed by atoms with Crippen LogP contribution in [0.15, 0.2) is 11.1 Å². The number of nitrogen functional groups attached to an aromatic ring is 1. The van der Waals surface area contributed by atoms with E-state index in [0.717, 1.165) is 17.7 Å². The lowest BCUT2D eigenvalue weighted by Gasteiger charge is -2.01. The van der Waals surface area contributed by atoms with Crippen LogP contribution in [-0.2, 0) is 10.0 Å². The van der Waals surface area contributed by atoms with Crippen molar-refractivity contribution in [3.8, 4) is 0 Å². The topological polar surface area (TPSA) is 127 Å². The zero-order valence-corrected chi connectivity index (χ0v) is 9.76. The summed E-state index contributed by atoms with van der Waals surface area (Å²) in [6, 6.07) is 0. The molecule has 0 radical (unpaired) electrons. The molecule has 2 aromatic rings. The fourth-order valence-corrected chi connectivity index (χ4v) is 2.83. The van der Waals surface area contributed by atoms with Crippen molar-refractivity contribution in [3.05, 3.63) is 12.0 Å². The molecule has 2 heterocycles. The van der Waals surface area contributed by atoms with Crippen molar-refractivity contribution < 1.29 is 8.42 Å². The van der Waals surface area contributed by atoms with Crippen LogP contribution in [0.1, 0.15) is 5.82 Å². The van der Waals surface area contributed by atoms with Gasteiger partial charge in [-0.15, -0.1) is 0 Å². The maximum Gasteiger partial charge on any atom is 0.268 e. The molecular formula is C6H8N6O2S2. The van der Waals surface area contributed by atoms with Crippen molar-refractivity contribution in [2.24, 2.45) is 0 Å². The highest BCUT2D eigenvalue weighted by Gasteiger charge is 2.20. The summed E-state index contributed by atoms with van der Waals surface area (Å²) in [5, 5.41) is 6.07. The zero-order valence-electron chi connectivity index (χ0n) is 8.13. The normalized spacial score (nSPS) is 11.6. The Labute approximate surface area is 95.1 Å². The number of aromatic nitrogens is 4. The highest BCUT2D eigenvalue weighted by atomic mass is 32.2. The lowest BCUT2D eigenvalue weighted by molar-refractivity contribution is 0.601. The van der Waals surface area contributed by atoms with E-state index in [0.29, 0.717) is 5.82 Å². The monoisotopic (exact) mass is 260 g/mol. The number of nitrogens with zero attached hydrogens (tertiary/aromatic N) is 3. The molecule has 0 atom stereocenters. The van der Waals surface area contributed by atoms with Crippen LogP contribution in [0.4, 0.5) is 10.9 Å². The maximum absolute atomic E-state index is 11.8. The second-order valence-corrected chi connectivity index (χ2v) is 5.30. The van der Waals surface area contributed by atoms with Gasteiger partial charge in [-0.2, -0.15) is 9.47 Å². The zero-order chi connectivity index (χ0) is 11.8. The molecule has 0 fully saturated rings. The minimum absolute atomic E-state index is 0.0197. The van der Waals surface area contributed by atoms with E-state index in [4.69, 9.17) is 5.73 Å². The van der Waals surface area contributed by atoms with E-state index >= 15 is 0 Å². The van der Waals surface area contributed by atoms with Crippen molar-refractivity contribution in [2.75, 3.05) is 10.5 Å². The molecule has 0 aromatic carbocycles. The van der Waals surface area contributed by atoms with Gasteiger partial charge in [-0.1, -0.05) is 0 Å². The minimum Gasteiger partial charge on any atom is -0.383 e. The van der Waals surface area contributed by atoms with Crippen LogP contribution in [0.25, 0.3) is 0 Å². The van der Waals surface area contributed by atoms with E-state index in [2.05, 4.69) is 24.3 Å². The van der Waals surface area contributed by atoms with Crippen molar-refractivity contribution in [2.45, 2.75) is 11.8 Å². The largest absolute Gasteiger partial charge is 0.383 e. The van der Waals surface area contributed by atoms with Crippen molar-refractivity contribution in [1.29, 1.82) is 0 Å². The summed E-state index contributed by atoms with van der Waals surface area (Å²) < 4.78 is 29.7. The summed E-state index contributed by atoms with van der Waals surface area (Å²) in [6.07, 6.45) is 1.13. The van der Waals surface area contributed by atoms with Crippen LogP contribution in [0.3, 0.4) is 0 Å². The fourth-order valence-electron chi connectivity index (χ4n) is 1.01. The Balaban J connectivity index is 2.31. The summed E-state index contributed by atoms with van der Waals surface area (Å²) in [5.74, 6) is 0.483. The van der Waals surface area contributed by atoms with Gasteiger partial charge in [0.15, 0.2) is 0 Å². The summed E-state index contributed by atoms with van der Waals surface area (Å²) >= 11 is 0.957. The second kappa shape index (κ2) is 3.72. The van der Waals surface area contributed by atoms with Gasteiger partial charge in [0, 0.05) is 11.5 Å². The smallest absolute Gasteiger partial charge is 0.268 e. The number of H-pyrrole nitrogens is 1. The number of anilines is 2. The summed E-state index contributed by atoms with van der Waals surface area (Å²) in [4.78, 5) is 3.77. The van der Waals surface area contributed by atoms with Crippen molar-refractivity contribution in [3.63, 3.8) is 0 Å². The molecule has 86 valence electrons. The van der Waals surface area contributed by atoms with Crippen molar-refractivity contribution >= 4 is 32.5 Å². The van der Waals surface area contributed by atoms with Gasteiger partial charge in [-0.05, 0) is 6.92 Å². The summed E-state index contributed by atoms with van der Waals surface area (Å²) in [6.45, 7) is 1.67. The molecule has 0 unspecified atom stereocenters. The number of aromatic amines is 1. The molecule has 0 saturated heterocycles. The number of hydrogen-bond donors (Lipinski definition) is 3. The van der Waals surface area contributed by atoms with E-state index < -0.39 is 10.0 Å². The Hall–Kier alpha value is -1.68. The predicted octanol–water partition coefficient (Wildman–Crippen LogP) is -0.0474. The molecular weight excluding hydrogens is 252 g/mol. The van der Waals surface area contributed by atoms with Gasteiger partial charge in [0.1, 0.15) is 16.5 Å². The van der Waals surface area contributed by atoms with Gasteiger partial charge in [0.2, 0.25) is 5.13 Å². The SMILES string of the molecule is Cc1nsc(NS(=O)(=O)c2cn[nH]c2N)n1. The van der Waals surface area contributed by atoms with Crippen LogP contribution in [0.5, 0.6) is 0 Å². The first-order valence-corrected chi connectivity index (χ1v) is 6.36. The van der Waals surface area contributed by atoms with Gasteiger partial charge in [0.25, 0.3) is 10.0 Å². The Kier molecular flexibility index (Phi) is 2.52.